The SMILES string of the molecule is CCCCCCCCc1ccc(CCC2(CO)COC(=O)N2)cc1I.O=C(Cl)OCc1ccccc1. The van der Waals surface area contributed by atoms with Crippen LogP contribution in [0.3, 0.4) is 0 Å². The number of ether oxygens (including phenoxy) is 2. The zero-order valence-corrected chi connectivity index (χ0v) is 23.9. The summed E-state index contributed by atoms with van der Waals surface area (Å²) in [5, 5.41) is 12.3. The van der Waals surface area contributed by atoms with Gasteiger partial charge in [-0.3, -0.25) is 0 Å². The maximum Gasteiger partial charge on any atom is 0.407 e. The van der Waals surface area contributed by atoms with Crippen LogP contribution in [0.2, 0.25) is 0 Å². The lowest BCUT2D eigenvalue weighted by atomic mass is 9.93. The predicted molar refractivity (Wildman–Crippen MR) is 151 cm³/mol. The van der Waals surface area contributed by atoms with E-state index in [4.69, 9.17) is 16.3 Å². The molecule has 1 saturated heterocycles. The number of benzene rings is 2. The molecule has 0 radical (unpaired) electrons. The van der Waals surface area contributed by atoms with Crippen molar-refractivity contribution in [1.82, 2.24) is 5.32 Å². The van der Waals surface area contributed by atoms with E-state index in [2.05, 4.69) is 57.8 Å². The topological polar surface area (TPSA) is 84.9 Å². The van der Waals surface area contributed by atoms with Crippen LogP contribution < -0.4 is 5.32 Å². The lowest BCUT2D eigenvalue weighted by Crippen LogP contribution is -2.47. The second-order valence-corrected chi connectivity index (χ2v) is 10.6. The number of hydrogen-bond acceptors (Lipinski definition) is 5. The molecule has 0 aliphatic carbocycles. The predicted octanol–water partition coefficient (Wildman–Crippen LogP) is 7.16. The number of rotatable bonds is 13. The van der Waals surface area contributed by atoms with E-state index in [0.717, 1.165) is 18.4 Å². The van der Waals surface area contributed by atoms with Crippen LogP contribution in [0.1, 0.15) is 68.6 Å². The van der Waals surface area contributed by atoms with Crippen LogP contribution in [-0.2, 0) is 28.9 Å². The fraction of sp³-hybridized carbons (Fsp3) is 0.500. The summed E-state index contributed by atoms with van der Waals surface area (Å²) in [6, 6.07) is 16.0. The van der Waals surface area contributed by atoms with E-state index >= 15 is 0 Å². The fourth-order valence-corrected chi connectivity index (χ4v) is 4.84. The molecule has 1 heterocycles. The molecule has 3 rings (SSSR count). The Morgan fingerprint density at radius 2 is 1.81 bits per heavy atom. The van der Waals surface area contributed by atoms with E-state index in [-0.39, 0.29) is 19.8 Å². The van der Waals surface area contributed by atoms with Gasteiger partial charge in [0.2, 0.25) is 0 Å². The summed E-state index contributed by atoms with van der Waals surface area (Å²) in [6.45, 7) is 2.64. The third kappa shape index (κ3) is 11.5. The zero-order chi connectivity index (χ0) is 26.2. The van der Waals surface area contributed by atoms with E-state index in [1.165, 1.54) is 53.2 Å². The highest BCUT2D eigenvalue weighted by Gasteiger charge is 2.38. The van der Waals surface area contributed by atoms with Gasteiger partial charge >= 0.3 is 11.5 Å². The van der Waals surface area contributed by atoms with Gasteiger partial charge in [-0.25, -0.2) is 9.59 Å². The summed E-state index contributed by atoms with van der Waals surface area (Å²) in [4.78, 5) is 21.4. The number of nitrogens with one attached hydrogen (secondary N) is 1. The molecule has 0 spiro atoms. The number of aryl methyl sites for hydroxylation is 2. The molecule has 0 bridgehead atoms. The van der Waals surface area contributed by atoms with Crippen molar-refractivity contribution in [2.24, 2.45) is 0 Å². The molecule has 1 fully saturated rings. The first-order valence-corrected chi connectivity index (χ1v) is 14.0. The molecule has 1 aliphatic heterocycles. The first kappa shape index (κ1) is 30.4. The maximum absolute atomic E-state index is 11.3. The molecule has 8 heteroatoms. The van der Waals surface area contributed by atoms with E-state index in [1.807, 2.05) is 30.3 Å². The number of carbonyl (C=O) groups is 2. The minimum absolute atomic E-state index is 0.0913. The number of aliphatic hydroxyl groups excluding tert-OH is 1. The Balaban J connectivity index is 0.000000346. The van der Waals surface area contributed by atoms with E-state index in [1.54, 1.807) is 0 Å². The average molecular weight is 630 g/mol. The van der Waals surface area contributed by atoms with Gasteiger partial charge in [-0.15, -0.1) is 0 Å². The van der Waals surface area contributed by atoms with Crippen LogP contribution in [0, 0.1) is 3.57 Å². The van der Waals surface area contributed by atoms with E-state index < -0.39 is 17.1 Å². The largest absolute Gasteiger partial charge is 0.449 e. The molecule has 2 N–H and O–H groups in total. The molecule has 6 nitrogen and oxygen atoms in total. The highest BCUT2D eigenvalue weighted by Crippen LogP contribution is 2.23. The lowest BCUT2D eigenvalue weighted by molar-refractivity contribution is 0.140. The quantitative estimate of drug-likeness (QED) is 0.140. The molecule has 2 aromatic carbocycles. The van der Waals surface area contributed by atoms with Crippen LogP contribution >= 0.6 is 34.2 Å². The van der Waals surface area contributed by atoms with Gasteiger partial charge in [0.25, 0.3) is 0 Å². The second kappa shape index (κ2) is 16.8. The number of hydrogen-bond donors (Lipinski definition) is 2. The van der Waals surface area contributed by atoms with Crippen molar-refractivity contribution >= 4 is 45.7 Å². The van der Waals surface area contributed by atoms with Crippen LogP contribution in [0.25, 0.3) is 0 Å². The van der Waals surface area contributed by atoms with Crippen LogP contribution in [-0.4, -0.2) is 35.4 Å². The van der Waals surface area contributed by atoms with Gasteiger partial charge in [0.15, 0.2) is 0 Å². The van der Waals surface area contributed by atoms with Crippen molar-refractivity contribution in [2.75, 3.05) is 13.2 Å². The Hall–Kier alpha value is -1.84. The van der Waals surface area contributed by atoms with Crippen molar-refractivity contribution in [3.05, 3.63) is 68.8 Å². The Morgan fingerprint density at radius 1 is 1.08 bits per heavy atom. The number of halogens is 2. The van der Waals surface area contributed by atoms with Gasteiger partial charge in [-0.05, 0) is 71.0 Å². The monoisotopic (exact) mass is 629 g/mol. The van der Waals surface area contributed by atoms with Crippen LogP contribution in [0.4, 0.5) is 9.59 Å². The minimum Gasteiger partial charge on any atom is -0.449 e. The third-order valence-corrected chi connectivity index (χ3v) is 7.27. The lowest BCUT2D eigenvalue weighted by Gasteiger charge is -2.23. The summed E-state index contributed by atoms with van der Waals surface area (Å²) in [5.74, 6) is 0. The summed E-state index contributed by atoms with van der Waals surface area (Å²) in [6.07, 6.45) is 10.2. The van der Waals surface area contributed by atoms with Gasteiger partial charge in [-0.2, -0.15) is 0 Å². The number of aliphatic hydroxyl groups is 1. The molecular formula is C28H37ClINO5. The Labute approximate surface area is 233 Å². The number of cyclic esters (lactones) is 1. The first-order valence-electron chi connectivity index (χ1n) is 12.6. The number of alkyl carbamates (subject to hydrolysis) is 1. The van der Waals surface area contributed by atoms with Crippen molar-refractivity contribution in [2.45, 2.75) is 76.9 Å². The zero-order valence-electron chi connectivity index (χ0n) is 20.9. The highest BCUT2D eigenvalue weighted by atomic mass is 127. The standard InChI is InChI=1S/C20H30INO3.C8H7ClO2/c1-2-3-4-5-6-7-8-17-10-9-16(13-18(17)21)11-12-20(14-23)15-25-19(24)22-20;9-8(10)11-6-7-4-2-1-3-5-7/h9-10,13,23H,2-8,11-12,14-15H2,1H3,(H,22,24);1-5H,6H2. The molecular weight excluding hydrogens is 593 g/mol. The van der Waals surface area contributed by atoms with Gasteiger partial charge in [0.1, 0.15) is 18.8 Å². The van der Waals surface area contributed by atoms with Crippen molar-refractivity contribution in [3.63, 3.8) is 0 Å². The third-order valence-electron chi connectivity index (χ3n) is 6.15. The van der Waals surface area contributed by atoms with Crippen molar-refractivity contribution in [3.8, 4) is 0 Å². The average Bonchev–Trinajstić information content (AvgIpc) is 3.27. The molecule has 198 valence electrons. The minimum atomic E-state index is -0.770. The van der Waals surface area contributed by atoms with Crippen molar-refractivity contribution in [1.29, 1.82) is 0 Å². The summed E-state index contributed by atoms with van der Waals surface area (Å²) < 4.78 is 10.8. The van der Waals surface area contributed by atoms with Gasteiger partial charge in [0, 0.05) is 15.2 Å². The Bertz CT molecular complexity index is 943. The second-order valence-electron chi connectivity index (χ2n) is 9.10. The van der Waals surface area contributed by atoms with E-state index in [0.29, 0.717) is 6.42 Å². The summed E-state index contributed by atoms with van der Waals surface area (Å²) >= 11 is 7.39. The fourth-order valence-electron chi connectivity index (χ4n) is 3.93. The van der Waals surface area contributed by atoms with E-state index in [9.17, 15) is 14.7 Å². The number of amides is 1. The van der Waals surface area contributed by atoms with Gasteiger partial charge < -0.3 is 19.9 Å². The van der Waals surface area contributed by atoms with Crippen LogP contribution in [0.15, 0.2) is 48.5 Å². The smallest absolute Gasteiger partial charge is 0.407 e. The number of carbonyl (C=O) groups excluding carboxylic acids is 2. The first-order chi connectivity index (χ1) is 17.4. The normalized spacial score (nSPS) is 16.5. The van der Waals surface area contributed by atoms with Gasteiger partial charge in [-0.1, -0.05) is 81.5 Å². The molecule has 0 saturated carbocycles. The summed E-state index contributed by atoms with van der Waals surface area (Å²) in [7, 11) is 0. The molecule has 2 aromatic rings. The van der Waals surface area contributed by atoms with Crippen molar-refractivity contribution < 1.29 is 24.2 Å². The number of unbranched alkanes of at least 4 members (excludes halogenated alkanes) is 5. The Kier molecular flexibility index (Phi) is 14.2. The molecule has 0 aromatic heterocycles. The molecule has 1 aliphatic rings. The molecule has 1 amide bonds. The van der Waals surface area contributed by atoms with Gasteiger partial charge in [0.05, 0.1) is 6.61 Å². The highest BCUT2D eigenvalue weighted by molar-refractivity contribution is 14.1. The van der Waals surface area contributed by atoms with Crippen LogP contribution in [0.5, 0.6) is 0 Å². The molecule has 1 unspecified atom stereocenters. The molecule has 36 heavy (non-hydrogen) atoms. The summed E-state index contributed by atoms with van der Waals surface area (Å²) in [5.41, 5.74) is 2.20. The Morgan fingerprint density at radius 3 is 2.42 bits per heavy atom. The molecule has 1 atom stereocenters. The maximum atomic E-state index is 11.3.